The highest BCUT2D eigenvalue weighted by molar-refractivity contribution is 7.47. The Morgan fingerprint density at radius 2 is 0.818 bits per heavy atom. The third-order valence-electron chi connectivity index (χ3n) is 9.32. The van der Waals surface area contributed by atoms with E-state index in [-0.39, 0.29) is 12.8 Å². The van der Waals surface area contributed by atoms with Gasteiger partial charge in [0.15, 0.2) is 0 Å². The second-order valence-corrected chi connectivity index (χ2v) is 16.1. The summed E-state index contributed by atoms with van der Waals surface area (Å²) in [5.74, 6) is -1.04. The number of esters is 2. The summed E-state index contributed by atoms with van der Waals surface area (Å²) in [7, 11) is -4.64. The van der Waals surface area contributed by atoms with E-state index in [2.05, 4.69) is 50.3 Å². The molecule has 0 aromatic carbocycles. The third-order valence-corrected chi connectivity index (χ3v) is 10.3. The first-order valence-corrected chi connectivity index (χ1v) is 23.4. The summed E-state index contributed by atoms with van der Waals surface area (Å²) >= 11 is 0. The number of hydrogen-bond donors (Lipinski definition) is 3. The lowest BCUT2D eigenvalue weighted by Gasteiger charge is -2.20. The number of carbonyl (C=O) groups excluding carboxylic acids is 2. The van der Waals surface area contributed by atoms with Crippen LogP contribution < -0.4 is 0 Å². The Kier molecular flexibility index (Phi) is 39.1. The van der Waals surface area contributed by atoms with Gasteiger partial charge in [0.1, 0.15) is 12.2 Å². The van der Waals surface area contributed by atoms with Crippen molar-refractivity contribution in [1.29, 1.82) is 0 Å². The lowest BCUT2D eigenvalue weighted by atomic mass is 10.1. The topological polar surface area (TPSA) is 149 Å². The fraction of sp³-hybridized carbons (Fsp3) is 0.818. The van der Waals surface area contributed by atoms with Gasteiger partial charge in [-0.1, -0.05) is 153 Å². The number of hydrogen-bond acceptors (Lipinski definition) is 9. The van der Waals surface area contributed by atoms with Crippen molar-refractivity contribution in [3.8, 4) is 0 Å². The highest BCUT2D eigenvalue weighted by Crippen LogP contribution is 2.43. The molecule has 0 aliphatic rings. The van der Waals surface area contributed by atoms with Crippen LogP contribution in [0.5, 0.6) is 0 Å². The molecule has 3 N–H and O–H groups in total. The summed E-state index contributed by atoms with van der Waals surface area (Å²) in [5, 5.41) is 19.2. The summed E-state index contributed by atoms with van der Waals surface area (Å²) in [4.78, 5) is 34.5. The summed E-state index contributed by atoms with van der Waals surface area (Å²) in [6, 6.07) is 0. The maximum absolute atomic E-state index is 12.4. The zero-order valence-corrected chi connectivity index (χ0v) is 35.8. The highest BCUT2D eigenvalue weighted by atomic mass is 31.2. The van der Waals surface area contributed by atoms with Crippen molar-refractivity contribution in [3.63, 3.8) is 0 Å². The summed E-state index contributed by atoms with van der Waals surface area (Å²) in [5.41, 5.74) is 0. The van der Waals surface area contributed by atoms with Crippen LogP contribution in [0.2, 0.25) is 0 Å². The molecule has 10 nitrogen and oxygen atoms in total. The number of aliphatic hydroxyl groups excluding tert-OH is 2. The van der Waals surface area contributed by atoms with Crippen molar-refractivity contribution >= 4 is 19.8 Å². The van der Waals surface area contributed by atoms with E-state index in [4.69, 9.17) is 18.5 Å². The predicted molar refractivity (Wildman–Crippen MR) is 224 cm³/mol. The largest absolute Gasteiger partial charge is 0.472 e. The molecule has 3 atom stereocenters. The van der Waals surface area contributed by atoms with Gasteiger partial charge in [-0.25, -0.2) is 4.57 Å². The smallest absolute Gasteiger partial charge is 0.457 e. The number of ether oxygens (including phenoxy) is 2. The molecular formula is C44H81O10P. The van der Waals surface area contributed by atoms with Gasteiger partial charge in [-0.3, -0.25) is 18.6 Å². The fourth-order valence-corrected chi connectivity index (χ4v) is 6.67. The fourth-order valence-electron chi connectivity index (χ4n) is 5.89. The van der Waals surface area contributed by atoms with Gasteiger partial charge in [-0.2, -0.15) is 0 Å². The standard InChI is InChI=1S/C44H81O10P/c1-3-5-7-9-11-13-15-17-19-20-21-22-24-26-28-30-32-34-36-44(48)54-42(38-46)40-52-55(49,50)51-39-41(37-45)53-43(47)35-33-31-29-27-25-23-18-16-14-12-10-8-6-4-2/h10,12,16,18-20,41-42,45-46H,3-9,11,13-15,17,21-40H2,1-2H3,(H,49,50)/b12-10-,18-16-,20-19-. The monoisotopic (exact) mass is 801 g/mol. The first-order chi connectivity index (χ1) is 26.8. The van der Waals surface area contributed by atoms with E-state index in [1.54, 1.807) is 0 Å². The number of rotatable bonds is 41. The van der Waals surface area contributed by atoms with Gasteiger partial charge in [0.2, 0.25) is 0 Å². The van der Waals surface area contributed by atoms with Crippen molar-refractivity contribution in [1.82, 2.24) is 0 Å². The van der Waals surface area contributed by atoms with Gasteiger partial charge in [0, 0.05) is 12.8 Å². The van der Waals surface area contributed by atoms with E-state index in [1.807, 2.05) is 0 Å². The molecular weight excluding hydrogens is 719 g/mol. The Morgan fingerprint density at radius 1 is 0.491 bits per heavy atom. The molecule has 322 valence electrons. The molecule has 0 rings (SSSR count). The first kappa shape index (κ1) is 53.2. The molecule has 0 bridgehead atoms. The van der Waals surface area contributed by atoms with Crippen LogP contribution in [0.1, 0.15) is 194 Å². The van der Waals surface area contributed by atoms with Crippen LogP contribution >= 0.6 is 7.82 Å². The van der Waals surface area contributed by atoms with E-state index in [0.29, 0.717) is 12.8 Å². The molecule has 11 heteroatoms. The Balaban J connectivity index is 3.93. The molecule has 0 aliphatic carbocycles. The van der Waals surface area contributed by atoms with Gasteiger partial charge in [0.05, 0.1) is 26.4 Å². The molecule has 0 fully saturated rings. The molecule has 0 amide bonds. The van der Waals surface area contributed by atoms with Crippen LogP contribution in [0, 0.1) is 0 Å². The van der Waals surface area contributed by atoms with Crippen molar-refractivity contribution < 1.29 is 47.8 Å². The Bertz CT molecular complexity index is 1010. The van der Waals surface area contributed by atoms with Gasteiger partial charge < -0.3 is 24.6 Å². The zero-order chi connectivity index (χ0) is 40.5. The van der Waals surface area contributed by atoms with Crippen molar-refractivity contribution in [2.75, 3.05) is 26.4 Å². The number of unbranched alkanes of at least 4 members (excludes halogenated alkanes) is 21. The molecule has 0 saturated heterocycles. The van der Waals surface area contributed by atoms with Gasteiger partial charge in [0.25, 0.3) is 0 Å². The van der Waals surface area contributed by atoms with E-state index in [9.17, 15) is 29.3 Å². The normalized spacial score (nSPS) is 14.2. The predicted octanol–water partition coefficient (Wildman–Crippen LogP) is 11.6. The Hall–Kier alpha value is -1.81. The molecule has 0 saturated carbocycles. The Morgan fingerprint density at radius 3 is 1.20 bits per heavy atom. The van der Waals surface area contributed by atoms with Crippen LogP contribution in [0.25, 0.3) is 0 Å². The van der Waals surface area contributed by atoms with Gasteiger partial charge in [-0.15, -0.1) is 0 Å². The van der Waals surface area contributed by atoms with E-state index >= 15 is 0 Å². The number of aliphatic hydroxyl groups is 2. The molecule has 0 aromatic heterocycles. The van der Waals surface area contributed by atoms with Crippen molar-refractivity contribution in [3.05, 3.63) is 36.5 Å². The molecule has 0 radical (unpaired) electrons. The molecule has 3 unspecified atom stereocenters. The van der Waals surface area contributed by atoms with Crippen LogP contribution in [-0.4, -0.2) is 65.7 Å². The third kappa shape index (κ3) is 38.8. The average Bonchev–Trinajstić information content (AvgIpc) is 3.17. The average molecular weight is 801 g/mol. The summed E-state index contributed by atoms with van der Waals surface area (Å²) < 4.78 is 32.6. The first-order valence-electron chi connectivity index (χ1n) is 21.9. The van der Waals surface area contributed by atoms with Crippen molar-refractivity contribution in [2.24, 2.45) is 0 Å². The van der Waals surface area contributed by atoms with Crippen LogP contribution in [0.15, 0.2) is 36.5 Å². The quantitative estimate of drug-likeness (QED) is 0.0236. The zero-order valence-electron chi connectivity index (χ0n) is 34.9. The van der Waals surface area contributed by atoms with Crippen LogP contribution in [0.3, 0.4) is 0 Å². The maximum Gasteiger partial charge on any atom is 0.472 e. The molecule has 0 spiro atoms. The van der Waals surface area contributed by atoms with E-state index in [0.717, 1.165) is 70.6 Å². The minimum atomic E-state index is -4.64. The van der Waals surface area contributed by atoms with Gasteiger partial charge >= 0.3 is 19.8 Å². The summed E-state index contributed by atoms with van der Waals surface area (Å²) in [6.45, 7) is 2.15. The van der Waals surface area contributed by atoms with E-state index in [1.165, 1.54) is 83.5 Å². The second kappa shape index (κ2) is 40.4. The lowest BCUT2D eigenvalue weighted by Crippen LogP contribution is -2.28. The number of phosphoric ester groups is 1. The molecule has 55 heavy (non-hydrogen) atoms. The minimum absolute atomic E-state index is 0.176. The molecule has 0 aromatic rings. The number of carbonyl (C=O) groups is 2. The molecule has 0 heterocycles. The van der Waals surface area contributed by atoms with Crippen molar-refractivity contribution in [2.45, 2.75) is 206 Å². The number of phosphoric acid groups is 1. The Labute approximate surface area is 335 Å². The van der Waals surface area contributed by atoms with Crippen LogP contribution in [-0.2, 0) is 32.7 Å². The SMILES string of the molecule is CCCC/C=C\C/C=C\CCCCCCCC(=O)OC(CO)COP(=O)(O)OCC(CO)OC(=O)CCCCCCCCC/C=C\CCCCCCCCC. The maximum atomic E-state index is 12.4. The van der Waals surface area contributed by atoms with Gasteiger partial charge in [-0.05, 0) is 64.2 Å². The second-order valence-electron chi connectivity index (χ2n) is 14.7. The minimum Gasteiger partial charge on any atom is -0.457 e. The van der Waals surface area contributed by atoms with Crippen LogP contribution in [0.4, 0.5) is 0 Å². The molecule has 0 aliphatic heterocycles. The highest BCUT2D eigenvalue weighted by Gasteiger charge is 2.27. The summed E-state index contributed by atoms with van der Waals surface area (Å²) in [6.07, 6.45) is 41.1. The lowest BCUT2D eigenvalue weighted by molar-refractivity contribution is -0.153. The van der Waals surface area contributed by atoms with E-state index < -0.39 is 58.4 Å². The number of allylic oxidation sites excluding steroid dienone is 6.